The fraction of sp³-hybridized carbons (Fsp3) is 0.933. The third kappa shape index (κ3) is 13.1. The molecule has 0 aromatic carbocycles. The van der Waals surface area contributed by atoms with Crippen LogP contribution in [-0.4, -0.2) is 74.8 Å². The Labute approximate surface area is 237 Å². The van der Waals surface area contributed by atoms with Gasteiger partial charge in [0.05, 0.1) is 31.5 Å². The van der Waals surface area contributed by atoms with Crippen molar-refractivity contribution in [3.63, 3.8) is 0 Å². The smallest absolute Gasteiger partial charge is 0.192 e. The number of rotatable bonds is 17. The van der Waals surface area contributed by atoms with Gasteiger partial charge in [0, 0.05) is 19.8 Å². The van der Waals surface area contributed by atoms with E-state index in [9.17, 15) is 0 Å². The van der Waals surface area contributed by atoms with Crippen molar-refractivity contribution in [2.45, 2.75) is 148 Å². The summed E-state index contributed by atoms with van der Waals surface area (Å²) in [7, 11) is -1.82. The minimum absolute atomic E-state index is 0.00667. The van der Waals surface area contributed by atoms with Crippen LogP contribution in [0.1, 0.15) is 87.0 Å². The van der Waals surface area contributed by atoms with E-state index in [4.69, 9.17) is 27.8 Å². The molecule has 6 nitrogen and oxygen atoms in total. The first kappa shape index (κ1) is 36.0. The lowest BCUT2D eigenvalue weighted by molar-refractivity contribution is -0.174. The van der Waals surface area contributed by atoms with Gasteiger partial charge in [0.1, 0.15) is 6.79 Å². The molecular formula is C30H62O6Si2. The number of methoxy groups -OCH3 is 1. The molecule has 0 N–H and O–H groups in total. The summed E-state index contributed by atoms with van der Waals surface area (Å²) in [6.07, 6.45) is 11.1. The molecule has 1 aliphatic heterocycles. The van der Waals surface area contributed by atoms with E-state index >= 15 is 0 Å². The summed E-state index contributed by atoms with van der Waals surface area (Å²) in [5.74, 6) is 0. The molecule has 0 unspecified atom stereocenters. The van der Waals surface area contributed by atoms with Crippen LogP contribution in [0.3, 0.4) is 0 Å². The molecule has 38 heavy (non-hydrogen) atoms. The van der Waals surface area contributed by atoms with Crippen molar-refractivity contribution in [1.82, 2.24) is 0 Å². The van der Waals surface area contributed by atoms with Gasteiger partial charge in [0.15, 0.2) is 16.6 Å². The molecule has 4 atom stereocenters. The van der Waals surface area contributed by atoms with Gasteiger partial charge in [-0.25, -0.2) is 0 Å². The highest BCUT2D eigenvalue weighted by Gasteiger charge is 2.39. The van der Waals surface area contributed by atoms with Crippen molar-refractivity contribution in [3.8, 4) is 0 Å². The third-order valence-electron chi connectivity index (χ3n) is 8.60. The molecule has 1 saturated heterocycles. The lowest BCUT2D eigenvalue weighted by Crippen LogP contribution is -2.44. The van der Waals surface area contributed by atoms with E-state index in [1.54, 1.807) is 7.11 Å². The molecule has 1 rings (SSSR count). The van der Waals surface area contributed by atoms with Crippen LogP contribution in [0, 0.1) is 0 Å². The summed E-state index contributed by atoms with van der Waals surface area (Å²) in [5.41, 5.74) is 0. The molecule has 1 fully saturated rings. The van der Waals surface area contributed by atoms with Gasteiger partial charge in [-0.1, -0.05) is 53.7 Å². The maximum absolute atomic E-state index is 6.53. The summed E-state index contributed by atoms with van der Waals surface area (Å²) in [5, 5.41) is 0.452. The minimum atomic E-state index is -1.79. The van der Waals surface area contributed by atoms with Gasteiger partial charge in [0.25, 0.3) is 0 Å². The normalized spacial score (nSPS) is 22.8. The zero-order valence-electron chi connectivity index (χ0n) is 27.0. The van der Waals surface area contributed by atoms with Crippen LogP contribution in [0.5, 0.6) is 0 Å². The summed E-state index contributed by atoms with van der Waals surface area (Å²) in [6.45, 7) is 27.3. The molecule has 226 valence electrons. The first-order valence-electron chi connectivity index (χ1n) is 14.8. The standard InChI is InChI=1S/C30H62O6Si2/c1-25(36-38(11,12)30(5,6)7)16-14-13-15-17-26-18-19-27(33-24-32-23-22-31-8)28(35-26)20-21-34-37(9,10)29(2,3)4/h15,17,25-28H,13-14,16,18-24H2,1-12H3/b17-15+/t25-,26-,27-,28-/m1/s1. The van der Waals surface area contributed by atoms with Crippen LogP contribution >= 0.6 is 0 Å². The SMILES string of the molecule is COCCOCO[C@@H]1CC[C@@H](/C=C/CCC[C@@H](C)O[Si](C)(C)C(C)(C)C)O[C@@H]1CCO[Si](C)(C)C(C)(C)C. The van der Waals surface area contributed by atoms with E-state index < -0.39 is 16.6 Å². The van der Waals surface area contributed by atoms with Crippen LogP contribution < -0.4 is 0 Å². The highest BCUT2D eigenvalue weighted by molar-refractivity contribution is 6.74. The largest absolute Gasteiger partial charge is 0.417 e. The maximum Gasteiger partial charge on any atom is 0.192 e. The van der Waals surface area contributed by atoms with Gasteiger partial charge in [-0.05, 0) is 81.7 Å². The minimum Gasteiger partial charge on any atom is -0.417 e. The van der Waals surface area contributed by atoms with Crippen molar-refractivity contribution in [1.29, 1.82) is 0 Å². The molecule has 0 saturated carbocycles. The van der Waals surface area contributed by atoms with E-state index in [0.717, 1.165) is 38.5 Å². The summed E-state index contributed by atoms with van der Waals surface area (Å²) >= 11 is 0. The number of hydrogen-bond donors (Lipinski definition) is 0. The number of ether oxygens (including phenoxy) is 4. The van der Waals surface area contributed by atoms with Crippen LogP contribution in [0.15, 0.2) is 12.2 Å². The molecule has 0 spiro atoms. The van der Waals surface area contributed by atoms with Gasteiger partial charge in [0.2, 0.25) is 0 Å². The van der Waals surface area contributed by atoms with Crippen molar-refractivity contribution in [2.24, 2.45) is 0 Å². The fourth-order valence-electron chi connectivity index (χ4n) is 3.97. The average molecular weight is 575 g/mol. The molecule has 0 aromatic heterocycles. The second-order valence-electron chi connectivity index (χ2n) is 14.0. The Morgan fingerprint density at radius 1 is 0.921 bits per heavy atom. The fourth-order valence-corrected chi connectivity index (χ4v) is 6.51. The van der Waals surface area contributed by atoms with E-state index in [-0.39, 0.29) is 35.2 Å². The van der Waals surface area contributed by atoms with Gasteiger partial charge < -0.3 is 27.8 Å². The van der Waals surface area contributed by atoms with Crippen molar-refractivity contribution in [3.05, 3.63) is 12.2 Å². The van der Waals surface area contributed by atoms with Crippen LogP contribution in [0.4, 0.5) is 0 Å². The van der Waals surface area contributed by atoms with E-state index in [1.807, 2.05) is 0 Å². The Bertz CT molecular complexity index is 669. The molecule has 0 aliphatic carbocycles. The molecular weight excluding hydrogens is 512 g/mol. The zero-order valence-corrected chi connectivity index (χ0v) is 29.0. The van der Waals surface area contributed by atoms with Crippen molar-refractivity contribution in [2.75, 3.05) is 33.7 Å². The second-order valence-corrected chi connectivity index (χ2v) is 23.5. The quantitative estimate of drug-likeness (QED) is 0.0757. The monoisotopic (exact) mass is 574 g/mol. The summed E-state index contributed by atoms with van der Waals surface area (Å²) in [4.78, 5) is 0. The Hall–Kier alpha value is -0.0662. The van der Waals surface area contributed by atoms with Gasteiger partial charge >= 0.3 is 0 Å². The van der Waals surface area contributed by atoms with Gasteiger partial charge in [-0.2, -0.15) is 0 Å². The lowest BCUT2D eigenvalue weighted by atomic mass is 9.98. The molecule has 1 aliphatic rings. The Morgan fingerprint density at radius 2 is 1.58 bits per heavy atom. The zero-order chi connectivity index (χ0) is 29.0. The molecule has 0 amide bonds. The first-order chi connectivity index (χ1) is 17.5. The van der Waals surface area contributed by atoms with Crippen LogP contribution in [0.25, 0.3) is 0 Å². The van der Waals surface area contributed by atoms with Gasteiger partial charge in [-0.15, -0.1) is 0 Å². The van der Waals surface area contributed by atoms with Crippen molar-refractivity contribution >= 4 is 16.6 Å². The average Bonchev–Trinajstić information content (AvgIpc) is 2.78. The molecule has 8 heteroatoms. The highest BCUT2D eigenvalue weighted by Crippen LogP contribution is 2.38. The van der Waals surface area contributed by atoms with Crippen LogP contribution in [-0.2, 0) is 27.8 Å². The number of allylic oxidation sites excluding steroid dienone is 1. The van der Waals surface area contributed by atoms with Crippen LogP contribution in [0.2, 0.25) is 36.3 Å². The molecule has 0 aromatic rings. The first-order valence-corrected chi connectivity index (χ1v) is 20.6. The predicted molar refractivity (Wildman–Crippen MR) is 164 cm³/mol. The second kappa shape index (κ2) is 16.4. The van der Waals surface area contributed by atoms with E-state index in [2.05, 4.69) is 86.8 Å². The molecule has 0 radical (unpaired) electrons. The molecule has 0 bridgehead atoms. The van der Waals surface area contributed by atoms with Gasteiger partial charge in [-0.3, -0.25) is 0 Å². The lowest BCUT2D eigenvalue weighted by Gasteiger charge is -2.38. The predicted octanol–water partition coefficient (Wildman–Crippen LogP) is 8.09. The Balaban J connectivity index is 2.57. The highest BCUT2D eigenvalue weighted by atomic mass is 28.4. The summed E-state index contributed by atoms with van der Waals surface area (Å²) < 4.78 is 36.2. The number of unbranched alkanes of at least 4 members (excludes halogenated alkanes) is 1. The Morgan fingerprint density at radius 3 is 2.18 bits per heavy atom. The topological polar surface area (TPSA) is 55.4 Å². The van der Waals surface area contributed by atoms with E-state index in [0.29, 0.717) is 25.9 Å². The van der Waals surface area contributed by atoms with Crippen molar-refractivity contribution < 1.29 is 27.8 Å². The third-order valence-corrected chi connectivity index (χ3v) is 17.7. The molecule has 1 heterocycles. The van der Waals surface area contributed by atoms with E-state index in [1.165, 1.54) is 0 Å². The Kier molecular flexibility index (Phi) is 15.5. The number of hydrogen-bond acceptors (Lipinski definition) is 6. The summed E-state index contributed by atoms with van der Waals surface area (Å²) in [6, 6.07) is 0. The maximum atomic E-state index is 6.53.